The number of esters is 1. The molecule has 2 amide bonds. The number of carbonyl (C=O) groups is 4. The van der Waals surface area contributed by atoms with Gasteiger partial charge in [0.1, 0.15) is 16.7 Å². The van der Waals surface area contributed by atoms with Crippen molar-refractivity contribution in [3.8, 4) is 11.5 Å². The molecule has 0 aliphatic carbocycles. The average molecular weight is 597 g/mol. The zero-order valence-electron chi connectivity index (χ0n) is 20.7. The van der Waals surface area contributed by atoms with Crippen LogP contribution in [0.1, 0.15) is 32.9 Å². The lowest BCUT2D eigenvalue weighted by molar-refractivity contribution is -0.121. The number of imide groups is 1. The maximum absolute atomic E-state index is 13.1. The van der Waals surface area contributed by atoms with Gasteiger partial charge < -0.3 is 9.15 Å². The molecule has 2 aromatic carbocycles. The number of aromatic nitrogens is 3. The zero-order valence-corrected chi connectivity index (χ0v) is 23.0. The van der Waals surface area contributed by atoms with Gasteiger partial charge >= 0.3 is 5.97 Å². The minimum atomic E-state index is -0.756. The molecule has 2 aromatic heterocycles. The number of furan rings is 1. The Morgan fingerprint density at radius 3 is 2.58 bits per heavy atom. The Bertz CT molecular complexity index is 1640. The molecule has 0 N–H and O–H groups in total. The topological polar surface area (TPSA) is 133 Å². The number of anilines is 1. The van der Waals surface area contributed by atoms with Crippen molar-refractivity contribution < 1.29 is 28.3 Å². The summed E-state index contributed by atoms with van der Waals surface area (Å²) in [5.74, 6) is -0.874. The van der Waals surface area contributed by atoms with Crippen LogP contribution in [0.5, 0.6) is 0 Å². The van der Waals surface area contributed by atoms with Crippen LogP contribution < -0.4 is 4.90 Å². The number of Topliss-reactive ketones (excluding diaryl/α,β-unsaturated/α-hetero) is 1. The molecule has 1 aliphatic rings. The summed E-state index contributed by atoms with van der Waals surface area (Å²) in [5.41, 5.74) is 1.06. The summed E-state index contributed by atoms with van der Waals surface area (Å²) in [7, 11) is 0. The minimum Gasteiger partial charge on any atom is -0.460 e. The van der Waals surface area contributed by atoms with Gasteiger partial charge in [-0.2, -0.15) is 5.10 Å². The number of ketones is 1. The fraction of sp³-hybridized carbons (Fsp3) is 0.148. The van der Waals surface area contributed by atoms with Gasteiger partial charge in [-0.1, -0.05) is 35.0 Å². The highest BCUT2D eigenvalue weighted by Crippen LogP contribution is 2.33. The van der Waals surface area contributed by atoms with Crippen molar-refractivity contribution in [3.05, 3.63) is 87.7 Å². The molecule has 10 nitrogen and oxygen atoms in total. The van der Waals surface area contributed by atoms with E-state index in [0.717, 1.165) is 16.7 Å². The third-order valence-corrected chi connectivity index (χ3v) is 7.40. The molecule has 0 radical (unpaired) electrons. The molecule has 1 aliphatic heterocycles. The first-order chi connectivity index (χ1) is 19.2. The highest BCUT2D eigenvalue weighted by atomic mass is 35.5. The van der Waals surface area contributed by atoms with Crippen LogP contribution in [0, 0.1) is 6.92 Å². The van der Waals surface area contributed by atoms with E-state index in [-0.39, 0.29) is 33.4 Å². The SMILES string of the molecule is Cc1ccc(-c2cnnc(SC3CC(=O)N(c4ccc(C(=O)OCC(=O)c5ccc(Cl)cc5Cl)cc4)C3=O)n2)o1. The summed E-state index contributed by atoms with van der Waals surface area (Å²) < 4.78 is 10.7. The standard InChI is InChI=1S/C27H18Cl2N4O6S/c1-14-2-9-22(39-14)20-12-30-32-27(31-20)40-23-11-24(35)33(25(23)36)17-6-3-15(4-7-17)26(37)38-13-21(34)18-8-5-16(28)10-19(18)29/h2-10,12,23H,11,13H2,1H3. The molecular weight excluding hydrogens is 579 g/mol. The first-order valence-electron chi connectivity index (χ1n) is 11.7. The van der Waals surface area contributed by atoms with Gasteiger partial charge in [0.25, 0.3) is 0 Å². The van der Waals surface area contributed by atoms with Crippen LogP contribution in [0.4, 0.5) is 5.69 Å². The van der Waals surface area contributed by atoms with Crippen LogP contribution in [0.3, 0.4) is 0 Å². The van der Waals surface area contributed by atoms with Crippen LogP contribution in [-0.2, 0) is 14.3 Å². The molecule has 3 heterocycles. The average Bonchev–Trinajstić information content (AvgIpc) is 3.49. The summed E-state index contributed by atoms with van der Waals surface area (Å²) in [6, 6.07) is 13.6. The predicted molar refractivity (Wildman–Crippen MR) is 147 cm³/mol. The smallest absolute Gasteiger partial charge is 0.338 e. The molecule has 1 fully saturated rings. The Morgan fingerprint density at radius 1 is 1.10 bits per heavy atom. The van der Waals surface area contributed by atoms with Crippen molar-refractivity contribution in [2.45, 2.75) is 23.8 Å². The summed E-state index contributed by atoms with van der Waals surface area (Å²) in [6.45, 7) is 1.28. The van der Waals surface area contributed by atoms with Crippen molar-refractivity contribution in [2.75, 3.05) is 11.5 Å². The number of thioether (sulfide) groups is 1. The number of rotatable bonds is 8. The largest absolute Gasteiger partial charge is 0.460 e. The van der Waals surface area contributed by atoms with Gasteiger partial charge in [-0.3, -0.25) is 14.4 Å². The van der Waals surface area contributed by atoms with E-state index in [1.165, 1.54) is 48.7 Å². The lowest BCUT2D eigenvalue weighted by atomic mass is 10.1. The number of ether oxygens (including phenoxy) is 1. The molecular formula is C27H18Cl2N4O6S. The van der Waals surface area contributed by atoms with Crippen molar-refractivity contribution in [1.82, 2.24) is 15.2 Å². The van der Waals surface area contributed by atoms with E-state index in [0.29, 0.717) is 22.2 Å². The maximum Gasteiger partial charge on any atom is 0.338 e. The van der Waals surface area contributed by atoms with Crippen molar-refractivity contribution in [3.63, 3.8) is 0 Å². The van der Waals surface area contributed by atoms with E-state index in [1.54, 1.807) is 19.1 Å². The van der Waals surface area contributed by atoms with Gasteiger partial charge in [0.15, 0.2) is 12.4 Å². The zero-order chi connectivity index (χ0) is 28.4. The number of halogens is 2. The summed E-state index contributed by atoms with van der Waals surface area (Å²) >= 11 is 12.9. The number of nitrogens with zero attached hydrogens (tertiary/aromatic N) is 4. The summed E-state index contributed by atoms with van der Waals surface area (Å²) in [4.78, 5) is 56.1. The number of carbonyl (C=O) groups excluding carboxylic acids is 4. The number of benzene rings is 2. The van der Waals surface area contributed by atoms with Crippen LogP contribution >= 0.6 is 35.0 Å². The molecule has 0 saturated carbocycles. The maximum atomic E-state index is 13.1. The lowest BCUT2D eigenvalue weighted by Gasteiger charge is -2.15. The third kappa shape index (κ3) is 5.91. The van der Waals surface area contributed by atoms with Gasteiger partial charge in [-0.05, 0) is 61.5 Å². The summed E-state index contributed by atoms with van der Waals surface area (Å²) in [6.07, 6.45) is 1.39. The first-order valence-corrected chi connectivity index (χ1v) is 13.4. The highest BCUT2D eigenvalue weighted by molar-refractivity contribution is 8.00. The van der Waals surface area contributed by atoms with Gasteiger partial charge in [0.2, 0.25) is 22.8 Å². The van der Waals surface area contributed by atoms with Crippen LogP contribution in [-0.4, -0.2) is 50.6 Å². The Labute approximate surface area is 241 Å². The summed E-state index contributed by atoms with van der Waals surface area (Å²) in [5, 5.41) is 7.90. The van der Waals surface area contributed by atoms with E-state index < -0.39 is 35.4 Å². The first kappa shape index (κ1) is 27.5. The van der Waals surface area contributed by atoms with Gasteiger partial charge in [-0.15, -0.1) is 5.10 Å². The number of amides is 2. The molecule has 1 unspecified atom stereocenters. The van der Waals surface area contributed by atoms with Gasteiger partial charge in [-0.25, -0.2) is 14.7 Å². The van der Waals surface area contributed by atoms with E-state index in [2.05, 4.69) is 15.2 Å². The molecule has 5 rings (SSSR count). The van der Waals surface area contributed by atoms with Crippen molar-refractivity contribution in [1.29, 1.82) is 0 Å². The predicted octanol–water partition coefficient (Wildman–Crippen LogP) is 5.21. The number of hydrogen-bond donors (Lipinski definition) is 0. The normalized spacial score (nSPS) is 15.0. The third-order valence-electron chi connectivity index (χ3n) is 5.81. The highest BCUT2D eigenvalue weighted by Gasteiger charge is 2.41. The Balaban J connectivity index is 1.22. The monoisotopic (exact) mass is 596 g/mol. The molecule has 0 spiro atoms. The van der Waals surface area contributed by atoms with E-state index in [1.807, 2.05) is 0 Å². The van der Waals surface area contributed by atoms with Gasteiger partial charge in [0, 0.05) is 17.0 Å². The molecule has 202 valence electrons. The molecule has 4 aromatic rings. The second-order valence-electron chi connectivity index (χ2n) is 8.58. The molecule has 0 bridgehead atoms. The van der Waals surface area contributed by atoms with Crippen molar-refractivity contribution >= 4 is 64.2 Å². The van der Waals surface area contributed by atoms with Crippen LogP contribution in [0.15, 0.2) is 70.4 Å². The molecule has 40 heavy (non-hydrogen) atoms. The molecule has 13 heteroatoms. The fourth-order valence-electron chi connectivity index (χ4n) is 3.88. The second-order valence-corrected chi connectivity index (χ2v) is 10.6. The second kappa shape index (κ2) is 11.6. The Kier molecular flexibility index (Phi) is 7.97. The lowest BCUT2D eigenvalue weighted by Crippen LogP contribution is -2.31. The molecule has 1 saturated heterocycles. The minimum absolute atomic E-state index is 0.0594. The quantitative estimate of drug-likeness (QED) is 0.151. The molecule has 1 atom stereocenters. The Hall–Kier alpha value is -4.06. The number of hydrogen-bond acceptors (Lipinski definition) is 10. The van der Waals surface area contributed by atoms with Gasteiger partial charge in [0.05, 0.1) is 22.5 Å². The van der Waals surface area contributed by atoms with E-state index in [4.69, 9.17) is 32.4 Å². The fourth-order valence-corrected chi connectivity index (χ4v) is 5.32. The Morgan fingerprint density at radius 2 is 1.88 bits per heavy atom. The van der Waals surface area contributed by atoms with E-state index >= 15 is 0 Å². The van der Waals surface area contributed by atoms with E-state index in [9.17, 15) is 19.2 Å². The van der Waals surface area contributed by atoms with Crippen LogP contribution in [0.2, 0.25) is 10.0 Å². The number of aryl methyl sites for hydroxylation is 1. The van der Waals surface area contributed by atoms with Crippen molar-refractivity contribution in [2.24, 2.45) is 0 Å². The van der Waals surface area contributed by atoms with Crippen LogP contribution in [0.25, 0.3) is 11.5 Å².